The van der Waals surface area contributed by atoms with E-state index in [9.17, 15) is 17.6 Å². The number of amides is 1. The highest BCUT2D eigenvalue weighted by molar-refractivity contribution is 7.91. The van der Waals surface area contributed by atoms with Gasteiger partial charge < -0.3 is 5.32 Å². The van der Waals surface area contributed by atoms with E-state index in [1.54, 1.807) is 36.6 Å². The zero-order valence-corrected chi connectivity index (χ0v) is 16.5. The zero-order chi connectivity index (χ0) is 19.4. The number of sulfonamides is 1. The Hall–Kier alpha value is -1.81. The molecule has 146 valence electrons. The molecule has 0 aliphatic carbocycles. The summed E-state index contributed by atoms with van der Waals surface area (Å²) in [6, 6.07) is 8.54. The number of carbonyl (C=O) groups excluding carboxylic acids is 1. The van der Waals surface area contributed by atoms with Crippen LogP contribution in [-0.4, -0.2) is 44.4 Å². The molecule has 1 atom stereocenters. The highest BCUT2D eigenvalue weighted by Gasteiger charge is 2.29. The second-order valence-corrected chi connectivity index (χ2v) is 9.43. The van der Waals surface area contributed by atoms with Crippen molar-refractivity contribution in [1.82, 2.24) is 9.62 Å². The summed E-state index contributed by atoms with van der Waals surface area (Å²) in [5.41, 5.74) is 0.422. The molecule has 2 N–H and O–H groups in total. The summed E-state index contributed by atoms with van der Waals surface area (Å²) in [6.45, 7) is 3.01. The minimum absolute atomic E-state index is 0.146. The van der Waals surface area contributed by atoms with E-state index in [0.29, 0.717) is 35.8 Å². The first-order chi connectivity index (χ1) is 12.8. The first-order valence-electron chi connectivity index (χ1n) is 8.71. The molecular weight excluding hydrogens is 389 g/mol. The quantitative estimate of drug-likeness (QED) is 0.766. The topological polar surface area (TPSA) is 78.5 Å². The van der Waals surface area contributed by atoms with Gasteiger partial charge in [-0.3, -0.25) is 9.69 Å². The summed E-state index contributed by atoms with van der Waals surface area (Å²) in [5, 5.41) is 4.45. The van der Waals surface area contributed by atoms with E-state index in [4.69, 9.17) is 0 Å². The smallest absolute Gasteiger partial charge is 0.250 e. The van der Waals surface area contributed by atoms with Crippen LogP contribution in [0.15, 0.2) is 46.0 Å². The van der Waals surface area contributed by atoms with Crippen molar-refractivity contribution in [3.8, 4) is 0 Å². The maximum absolute atomic E-state index is 13.2. The third-order valence-corrected chi connectivity index (χ3v) is 7.55. The normalized spacial score (nSPS) is 17.6. The van der Waals surface area contributed by atoms with Gasteiger partial charge >= 0.3 is 0 Å². The molecule has 1 aromatic heterocycles. The number of carbonyl (C=O) groups is 1. The molecule has 6 nitrogen and oxygen atoms in total. The number of halogens is 1. The Labute approximate surface area is 162 Å². The number of anilines is 1. The Balaban J connectivity index is 1.51. The Morgan fingerprint density at radius 2 is 2.00 bits per heavy atom. The van der Waals surface area contributed by atoms with Crippen LogP contribution >= 0.6 is 11.3 Å². The van der Waals surface area contributed by atoms with Gasteiger partial charge in [-0.15, -0.1) is 11.3 Å². The molecule has 0 saturated carbocycles. The first kappa shape index (κ1) is 19.9. The lowest BCUT2D eigenvalue weighted by Gasteiger charge is -2.35. The molecule has 2 heterocycles. The minimum atomic E-state index is -3.48. The van der Waals surface area contributed by atoms with Crippen LogP contribution in [0.3, 0.4) is 0 Å². The summed E-state index contributed by atoms with van der Waals surface area (Å²) in [6.07, 6.45) is 1.25. The maximum atomic E-state index is 13.2. The molecule has 27 heavy (non-hydrogen) atoms. The van der Waals surface area contributed by atoms with Gasteiger partial charge in [-0.25, -0.2) is 17.5 Å². The van der Waals surface area contributed by atoms with Gasteiger partial charge in [-0.05, 0) is 49.4 Å². The predicted molar refractivity (Wildman–Crippen MR) is 104 cm³/mol. The fourth-order valence-corrected chi connectivity index (χ4v) is 5.39. The van der Waals surface area contributed by atoms with E-state index in [1.165, 1.54) is 23.5 Å². The van der Waals surface area contributed by atoms with E-state index in [1.807, 2.05) is 4.90 Å². The lowest BCUT2D eigenvalue weighted by Crippen LogP contribution is -2.50. The molecule has 1 amide bonds. The van der Waals surface area contributed by atoms with Crippen LogP contribution in [0.5, 0.6) is 0 Å². The van der Waals surface area contributed by atoms with Crippen molar-refractivity contribution in [2.45, 2.75) is 36.1 Å². The highest BCUT2D eigenvalue weighted by atomic mass is 32.2. The second kappa shape index (κ2) is 8.47. The van der Waals surface area contributed by atoms with E-state index < -0.39 is 15.8 Å². The monoisotopic (exact) mass is 411 g/mol. The van der Waals surface area contributed by atoms with Gasteiger partial charge in [0, 0.05) is 24.8 Å². The molecule has 1 aliphatic rings. The minimum Gasteiger partial charge on any atom is -0.325 e. The van der Waals surface area contributed by atoms with Crippen molar-refractivity contribution in [3.63, 3.8) is 0 Å². The maximum Gasteiger partial charge on any atom is 0.250 e. The molecule has 0 bridgehead atoms. The third-order valence-electron chi connectivity index (χ3n) is 4.63. The fourth-order valence-electron chi connectivity index (χ4n) is 3.08. The van der Waals surface area contributed by atoms with E-state index in [2.05, 4.69) is 10.0 Å². The van der Waals surface area contributed by atoms with Crippen molar-refractivity contribution < 1.29 is 17.6 Å². The number of hydrogen-bond acceptors (Lipinski definition) is 5. The molecule has 3 rings (SSSR count). The van der Waals surface area contributed by atoms with Crippen molar-refractivity contribution >= 4 is 33.0 Å². The Morgan fingerprint density at radius 1 is 1.26 bits per heavy atom. The van der Waals surface area contributed by atoms with Crippen LogP contribution in [0.1, 0.15) is 19.8 Å². The number of rotatable bonds is 6. The second-order valence-electron chi connectivity index (χ2n) is 6.54. The van der Waals surface area contributed by atoms with Crippen LogP contribution in [0.25, 0.3) is 0 Å². The summed E-state index contributed by atoms with van der Waals surface area (Å²) < 4.78 is 40.9. The van der Waals surface area contributed by atoms with Gasteiger partial charge in [-0.1, -0.05) is 12.1 Å². The zero-order valence-electron chi connectivity index (χ0n) is 14.9. The number of piperidine rings is 1. The molecule has 1 saturated heterocycles. The Morgan fingerprint density at radius 3 is 2.63 bits per heavy atom. The standard InChI is InChI=1S/C18H22FN3O3S2/c1-13(18(23)20-16-5-2-4-14(19)12-16)22-9-7-15(8-10-22)21-27(24,25)17-6-3-11-26-17/h2-6,11-13,15,21H,7-10H2,1H3,(H,20,23)/t13-/m1/s1. The van der Waals surface area contributed by atoms with Crippen molar-refractivity contribution in [3.05, 3.63) is 47.6 Å². The molecule has 0 radical (unpaired) electrons. The summed E-state index contributed by atoms with van der Waals surface area (Å²) in [4.78, 5) is 14.4. The van der Waals surface area contributed by atoms with Gasteiger partial charge in [0.2, 0.25) is 15.9 Å². The van der Waals surface area contributed by atoms with Crippen LogP contribution in [0.4, 0.5) is 10.1 Å². The summed E-state index contributed by atoms with van der Waals surface area (Å²) in [5.74, 6) is -0.613. The van der Waals surface area contributed by atoms with Gasteiger partial charge in [-0.2, -0.15) is 0 Å². The molecule has 1 aromatic carbocycles. The average Bonchev–Trinajstić information content (AvgIpc) is 3.17. The largest absolute Gasteiger partial charge is 0.325 e. The lowest BCUT2D eigenvalue weighted by atomic mass is 10.0. The van der Waals surface area contributed by atoms with E-state index in [-0.39, 0.29) is 18.0 Å². The lowest BCUT2D eigenvalue weighted by molar-refractivity contribution is -0.121. The van der Waals surface area contributed by atoms with Gasteiger partial charge in [0.05, 0.1) is 6.04 Å². The number of thiophene rings is 1. The van der Waals surface area contributed by atoms with E-state index >= 15 is 0 Å². The number of benzene rings is 1. The van der Waals surface area contributed by atoms with Crippen molar-refractivity contribution in [2.24, 2.45) is 0 Å². The molecule has 0 unspecified atom stereocenters. The van der Waals surface area contributed by atoms with Crippen molar-refractivity contribution in [2.75, 3.05) is 18.4 Å². The number of nitrogens with zero attached hydrogens (tertiary/aromatic N) is 1. The SMILES string of the molecule is C[C@H](C(=O)Nc1cccc(F)c1)N1CCC(NS(=O)(=O)c2cccs2)CC1. The molecule has 9 heteroatoms. The van der Waals surface area contributed by atoms with Gasteiger partial charge in [0.15, 0.2) is 0 Å². The molecule has 2 aromatic rings. The van der Waals surface area contributed by atoms with Crippen LogP contribution in [0.2, 0.25) is 0 Å². The van der Waals surface area contributed by atoms with Crippen LogP contribution in [0, 0.1) is 5.82 Å². The Kier molecular flexibility index (Phi) is 6.25. The van der Waals surface area contributed by atoms with Crippen LogP contribution < -0.4 is 10.0 Å². The summed E-state index contributed by atoms with van der Waals surface area (Å²) in [7, 11) is -3.48. The van der Waals surface area contributed by atoms with Gasteiger partial charge in [0.1, 0.15) is 10.0 Å². The fraction of sp³-hybridized carbons (Fsp3) is 0.389. The molecule has 1 fully saturated rings. The molecular formula is C18H22FN3O3S2. The van der Waals surface area contributed by atoms with Crippen molar-refractivity contribution in [1.29, 1.82) is 0 Å². The molecule has 0 spiro atoms. The highest BCUT2D eigenvalue weighted by Crippen LogP contribution is 2.20. The number of likely N-dealkylation sites (tertiary alicyclic amines) is 1. The average molecular weight is 412 g/mol. The van der Waals surface area contributed by atoms with E-state index in [0.717, 1.165) is 0 Å². The number of nitrogens with one attached hydrogen (secondary N) is 2. The number of hydrogen-bond donors (Lipinski definition) is 2. The summed E-state index contributed by atoms with van der Waals surface area (Å²) >= 11 is 1.19. The van der Waals surface area contributed by atoms with Crippen LogP contribution in [-0.2, 0) is 14.8 Å². The van der Waals surface area contributed by atoms with Gasteiger partial charge in [0.25, 0.3) is 0 Å². The first-order valence-corrected chi connectivity index (χ1v) is 11.1. The molecule has 1 aliphatic heterocycles. The predicted octanol–water partition coefficient (Wildman–Crippen LogP) is 2.66. The third kappa shape index (κ3) is 5.13. The Bertz CT molecular complexity index is 879.